The second kappa shape index (κ2) is 3.73. The van der Waals surface area contributed by atoms with Crippen LogP contribution in [0.15, 0.2) is 22.8 Å². The van der Waals surface area contributed by atoms with Crippen molar-refractivity contribution in [1.29, 1.82) is 0 Å². The van der Waals surface area contributed by atoms with E-state index in [9.17, 15) is 4.80 Å². The SMILES string of the molecule is C[Si](C)([O-])c1ccco1.[Na+]. The zero-order valence-electron chi connectivity index (χ0n) is 6.55. The maximum atomic E-state index is 11.2. The third-order valence-electron chi connectivity index (χ3n) is 1.11. The standard InChI is InChI=1S/C6H9O2Si.Na/c1-9(2,7)6-4-3-5-8-6;/h3-5H,1-2H3;/q-1;+1. The summed E-state index contributed by atoms with van der Waals surface area (Å²) in [4.78, 5) is 11.2. The Balaban J connectivity index is 0.000000810. The topological polar surface area (TPSA) is 36.2 Å². The summed E-state index contributed by atoms with van der Waals surface area (Å²) in [7, 11) is -2.40. The van der Waals surface area contributed by atoms with Gasteiger partial charge in [-0.05, 0) is 12.1 Å². The summed E-state index contributed by atoms with van der Waals surface area (Å²) in [6.45, 7) is 3.43. The summed E-state index contributed by atoms with van der Waals surface area (Å²) < 4.78 is 4.95. The molecule has 1 heterocycles. The first-order chi connectivity index (χ1) is 4.11. The molecule has 0 N–H and O–H groups in total. The number of hydrogen-bond donors (Lipinski definition) is 0. The van der Waals surface area contributed by atoms with Crippen molar-refractivity contribution in [2.24, 2.45) is 0 Å². The Labute approximate surface area is 83.7 Å². The molecule has 0 atom stereocenters. The molecule has 0 amide bonds. The fourth-order valence-corrected chi connectivity index (χ4v) is 1.47. The van der Waals surface area contributed by atoms with Crippen molar-refractivity contribution in [2.75, 3.05) is 0 Å². The Morgan fingerprint density at radius 2 is 2.10 bits per heavy atom. The van der Waals surface area contributed by atoms with Gasteiger partial charge in [0.05, 0.1) is 11.6 Å². The van der Waals surface area contributed by atoms with E-state index in [1.807, 2.05) is 0 Å². The van der Waals surface area contributed by atoms with Crippen LogP contribution in [0.3, 0.4) is 0 Å². The van der Waals surface area contributed by atoms with Gasteiger partial charge in [-0.25, -0.2) is 0 Å². The monoisotopic (exact) mass is 164 g/mol. The molecule has 1 aromatic heterocycles. The van der Waals surface area contributed by atoms with Crippen LogP contribution in [0, 0.1) is 0 Å². The maximum Gasteiger partial charge on any atom is 1.00 e. The van der Waals surface area contributed by atoms with Crippen molar-refractivity contribution < 1.29 is 38.8 Å². The van der Waals surface area contributed by atoms with Crippen LogP contribution in [0.4, 0.5) is 0 Å². The zero-order chi connectivity index (χ0) is 6.91. The van der Waals surface area contributed by atoms with Crippen LogP contribution in [0.25, 0.3) is 0 Å². The molecule has 50 valence electrons. The minimum atomic E-state index is -2.40. The molecule has 0 saturated carbocycles. The third-order valence-corrected chi connectivity index (χ3v) is 2.59. The van der Waals surface area contributed by atoms with Crippen LogP contribution in [-0.4, -0.2) is 8.32 Å². The fourth-order valence-electron chi connectivity index (χ4n) is 0.621. The molecule has 0 aliphatic carbocycles. The Morgan fingerprint density at radius 1 is 1.50 bits per heavy atom. The van der Waals surface area contributed by atoms with Crippen LogP contribution >= 0.6 is 0 Å². The number of furan rings is 1. The first kappa shape index (κ1) is 10.5. The molecule has 0 saturated heterocycles. The summed E-state index contributed by atoms with van der Waals surface area (Å²) in [5, 5.41) is 0.627. The van der Waals surface area contributed by atoms with Crippen molar-refractivity contribution in [3.8, 4) is 0 Å². The average Bonchev–Trinajstić information content (AvgIpc) is 2.08. The molecule has 10 heavy (non-hydrogen) atoms. The molecular formula is C6H9NaO2Si. The van der Waals surface area contributed by atoms with E-state index >= 15 is 0 Å². The second-order valence-electron chi connectivity index (χ2n) is 2.49. The van der Waals surface area contributed by atoms with Crippen LogP contribution in [0.5, 0.6) is 0 Å². The van der Waals surface area contributed by atoms with Crippen molar-refractivity contribution in [1.82, 2.24) is 0 Å². The summed E-state index contributed by atoms with van der Waals surface area (Å²) in [6, 6.07) is 3.50. The quantitative estimate of drug-likeness (QED) is 0.416. The van der Waals surface area contributed by atoms with Gasteiger partial charge in [0.25, 0.3) is 0 Å². The molecule has 0 radical (unpaired) electrons. The molecular weight excluding hydrogens is 155 g/mol. The number of hydrogen-bond acceptors (Lipinski definition) is 2. The van der Waals surface area contributed by atoms with E-state index < -0.39 is 8.32 Å². The summed E-state index contributed by atoms with van der Waals surface area (Å²) in [6.07, 6.45) is 1.54. The van der Waals surface area contributed by atoms with Crippen molar-refractivity contribution in [2.45, 2.75) is 13.1 Å². The van der Waals surface area contributed by atoms with Crippen LogP contribution in [0.2, 0.25) is 13.1 Å². The molecule has 0 unspecified atom stereocenters. The van der Waals surface area contributed by atoms with Gasteiger partial charge in [-0.2, -0.15) is 0 Å². The van der Waals surface area contributed by atoms with Crippen LogP contribution in [-0.2, 0) is 0 Å². The predicted molar refractivity (Wildman–Crippen MR) is 35.8 cm³/mol. The van der Waals surface area contributed by atoms with Gasteiger partial charge in [0.1, 0.15) is 0 Å². The van der Waals surface area contributed by atoms with Gasteiger partial charge in [-0.3, -0.25) is 0 Å². The van der Waals surface area contributed by atoms with E-state index in [-0.39, 0.29) is 29.6 Å². The van der Waals surface area contributed by atoms with E-state index in [4.69, 9.17) is 4.42 Å². The predicted octanol–water partition coefficient (Wildman–Crippen LogP) is -2.94. The Hall–Kier alpha value is 0.457. The summed E-state index contributed by atoms with van der Waals surface area (Å²) in [5.41, 5.74) is 0. The molecule has 0 aliphatic heterocycles. The van der Waals surface area contributed by atoms with Crippen LogP contribution < -0.4 is 39.7 Å². The minimum absolute atomic E-state index is 0. The maximum absolute atomic E-state index is 11.2. The molecule has 0 aromatic carbocycles. The molecule has 1 aromatic rings. The van der Waals surface area contributed by atoms with Gasteiger partial charge in [0, 0.05) is 8.32 Å². The fraction of sp³-hybridized carbons (Fsp3) is 0.333. The molecule has 0 bridgehead atoms. The van der Waals surface area contributed by atoms with Gasteiger partial charge < -0.3 is 9.21 Å². The summed E-state index contributed by atoms with van der Waals surface area (Å²) in [5.74, 6) is 0. The van der Waals surface area contributed by atoms with Crippen LogP contribution in [0.1, 0.15) is 0 Å². The van der Waals surface area contributed by atoms with E-state index in [2.05, 4.69) is 0 Å². The first-order valence-corrected chi connectivity index (χ1v) is 5.76. The Kier molecular flexibility index (Phi) is 3.91. The molecule has 0 spiro atoms. The largest absolute Gasteiger partial charge is 1.00 e. The molecule has 4 heteroatoms. The van der Waals surface area contributed by atoms with Gasteiger partial charge in [-0.15, -0.1) is 0 Å². The minimum Gasteiger partial charge on any atom is -0.853 e. The Morgan fingerprint density at radius 3 is 2.30 bits per heavy atom. The van der Waals surface area contributed by atoms with Crippen molar-refractivity contribution in [3.63, 3.8) is 0 Å². The smallest absolute Gasteiger partial charge is 0.853 e. The second-order valence-corrected chi connectivity index (χ2v) is 6.00. The Bertz CT molecular complexity index is 178. The normalized spacial score (nSPS) is 10.7. The van der Waals surface area contributed by atoms with Gasteiger partial charge in [0.15, 0.2) is 0 Å². The van der Waals surface area contributed by atoms with Crippen molar-refractivity contribution >= 4 is 13.7 Å². The molecule has 0 aliphatic rings. The molecule has 1 rings (SSSR count). The van der Waals surface area contributed by atoms with Crippen molar-refractivity contribution in [3.05, 3.63) is 18.4 Å². The van der Waals surface area contributed by atoms with E-state index in [0.717, 1.165) is 0 Å². The van der Waals surface area contributed by atoms with Gasteiger partial charge in [-0.1, -0.05) is 13.1 Å². The van der Waals surface area contributed by atoms with E-state index in [1.54, 1.807) is 31.5 Å². The van der Waals surface area contributed by atoms with E-state index in [0.29, 0.717) is 5.38 Å². The third kappa shape index (κ3) is 2.60. The van der Waals surface area contributed by atoms with E-state index in [1.165, 1.54) is 0 Å². The summed E-state index contributed by atoms with van der Waals surface area (Å²) >= 11 is 0. The number of rotatable bonds is 1. The van der Waals surface area contributed by atoms with Gasteiger partial charge in [0.2, 0.25) is 0 Å². The molecule has 2 nitrogen and oxygen atoms in total. The molecule has 0 fully saturated rings. The average molecular weight is 164 g/mol. The zero-order valence-corrected chi connectivity index (χ0v) is 9.55. The van der Waals surface area contributed by atoms with Gasteiger partial charge >= 0.3 is 29.6 Å². The first-order valence-electron chi connectivity index (χ1n) is 2.85.